The number of hydrogen-bond acceptors (Lipinski definition) is 3. The summed E-state index contributed by atoms with van der Waals surface area (Å²) in [5.41, 5.74) is 1.24. The third-order valence-electron chi connectivity index (χ3n) is 2.57. The third-order valence-corrected chi connectivity index (χ3v) is 3.06. The van der Waals surface area contributed by atoms with Gasteiger partial charge in [0.2, 0.25) is 0 Å². The largest absolute Gasteiger partial charge is 0.463 e. The van der Waals surface area contributed by atoms with Crippen molar-refractivity contribution in [2.75, 3.05) is 7.11 Å². The van der Waals surface area contributed by atoms with E-state index in [0.29, 0.717) is 5.56 Å². The van der Waals surface area contributed by atoms with Gasteiger partial charge >= 0.3 is 5.97 Å². The molecule has 4 nitrogen and oxygen atoms in total. The Bertz CT molecular complexity index is 615. The van der Waals surface area contributed by atoms with Gasteiger partial charge in [-0.1, -0.05) is 22.0 Å². The molecule has 0 bridgehead atoms. The maximum absolute atomic E-state index is 11.8. The van der Waals surface area contributed by atoms with Gasteiger partial charge in [-0.05, 0) is 12.1 Å². The van der Waals surface area contributed by atoms with Crippen LogP contribution in [0.2, 0.25) is 0 Å². The van der Waals surface area contributed by atoms with E-state index in [1.807, 2.05) is 19.2 Å². The predicted molar refractivity (Wildman–Crippen MR) is 67.0 cm³/mol. The molecule has 2 aromatic rings. The van der Waals surface area contributed by atoms with E-state index in [1.165, 1.54) is 7.11 Å². The number of halogens is 1. The van der Waals surface area contributed by atoms with Gasteiger partial charge in [0.05, 0.1) is 12.7 Å². The average molecular weight is 296 g/mol. The van der Waals surface area contributed by atoms with Gasteiger partial charge in [-0.25, -0.2) is 4.79 Å². The van der Waals surface area contributed by atoms with Gasteiger partial charge in [0.25, 0.3) is 5.78 Å². The zero-order valence-corrected chi connectivity index (χ0v) is 10.9. The zero-order chi connectivity index (χ0) is 12.6. The average Bonchev–Trinajstić information content (AvgIpc) is 2.64. The topological polar surface area (TPSA) is 48.3 Å². The minimum absolute atomic E-state index is 0.363. The summed E-state index contributed by atoms with van der Waals surface area (Å²) >= 11 is 3.37. The van der Waals surface area contributed by atoms with Gasteiger partial charge in [-0.2, -0.15) is 0 Å². The van der Waals surface area contributed by atoms with E-state index in [2.05, 4.69) is 20.7 Å². The SMILES string of the molecule is COC(=O)C(=O)c1cn(C)c2cc(Br)ccc12. The van der Waals surface area contributed by atoms with Crippen molar-refractivity contribution in [3.05, 3.63) is 34.4 Å². The summed E-state index contributed by atoms with van der Waals surface area (Å²) in [5, 5.41) is 0.742. The van der Waals surface area contributed by atoms with E-state index < -0.39 is 11.8 Å². The molecule has 0 radical (unpaired) electrons. The molecule has 5 heteroatoms. The Hall–Kier alpha value is -1.62. The maximum atomic E-state index is 11.8. The zero-order valence-electron chi connectivity index (χ0n) is 9.36. The fourth-order valence-corrected chi connectivity index (χ4v) is 2.09. The second-order valence-electron chi connectivity index (χ2n) is 3.64. The van der Waals surface area contributed by atoms with Crippen molar-refractivity contribution in [2.45, 2.75) is 0 Å². The van der Waals surface area contributed by atoms with Crippen LogP contribution in [0.4, 0.5) is 0 Å². The minimum Gasteiger partial charge on any atom is -0.463 e. The number of benzene rings is 1. The number of carbonyl (C=O) groups is 2. The highest BCUT2D eigenvalue weighted by atomic mass is 79.9. The molecule has 0 aliphatic heterocycles. The standard InChI is InChI=1S/C12H10BrNO3/c1-14-6-9(11(15)12(16)17-2)8-4-3-7(13)5-10(8)14/h3-6H,1-2H3. The Morgan fingerprint density at radius 3 is 2.71 bits per heavy atom. The number of ketones is 1. The Balaban J connectivity index is 2.64. The Kier molecular flexibility index (Phi) is 3.02. The summed E-state index contributed by atoms with van der Waals surface area (Å²) in [5.74, 6) is -1.47. The molecule has 1 aromatic heterocycles. The van der Waals surface area contributed by atoms with Gasteiger partial charge < -0.3 is 9.30 Å². The van der Waals surface area contributed by atoms with Gasteiger partial charge in [0.1, 0.15) is 0 Å². The van der Waals surface area contributed by atoms with Crippen LogP contribution in [0.3, 0.4) is 0 Å². The van der Waals surface area contributed by atoms with Crippen LogP contribution in [0.25, 0.3) is 10.9 Å². The Morgan fingerprint density at radius 1 is 1.35 bits per heavy atom. The van der Waals surface area contributed by atoms with Crippen molar-refractivity contribution in [1.82, 2.24) is 4.57 Å². The highest BCUT2D eigenvalue weighted by Gasteiger charge is 2.21. The van der Waals surface area contributed by atoms with E-state index in [9.17, 15) is 9.59 Å². The van der Waals surface area contributed by atoms with Gasteiger partial charge in [0, 0.05) is 28.6 Å². The molecule has 88 valence electrons. The molecule has 0 N–H and O–H groups in total. The molecule has 1 aromatic carbocycles. The maximum Gasteiger partial charge on any atom is 0.379 e. The molecule has 0 saturated carbocycles. The number of rotatable bonds is 2. The minimum atomic E-state index is -0.847. The van der Waals surface area contributed by atoms with Crippen molar-refractivity contribution in [3.8, 4) is 0 Å². The van der Waals surface area contributed by atoms with E-state index in [0.717, 1.165) is 15.4 Å². The number of fused-ring (bicyclic) bond motifs is 1. The fraction of sp³-hybridized carbons (Fsp3) is 0.167. The predicted octanol–water partition coefficient (Wildman–Crippen LogP) is 2.30. The van der Waals surface area contributed by atoms with Crippen LogP contribution in [-0.2, 0) is 16.6 Å². The molecule has 0 amide bonds. The molecule has 17 heavy (non-hydrogen) atoms. The summed E-state index contributed by atoms with van der Waals surface area (Å²) in [7, 11) is 3.02. The van der Waals surface area contributed by atoms with Gasteiger partial charge in [0.15, 0.2) is 0 Å². The lowest BCUT2D eigenvalue weighted by Gasteiger charge is -1.97. The molecule has 0 saturated heterocycles. The highest BCUT2D eigenvalue weighted by Crippen LogP contribution is 2.24. The monoisotopic (exact) mass is 295 g/mol. The molecule has 2 rings (SSSR count). The summed E-state index contributed by atoms with van der Waals surface area (Å²) in [6, 6.07) is 5.52. The van der Waals surface area contributed by atoms with Crippen LogP contribution in [-0.4, -0.2) is 23.4 Å². The van der Waals surface area contributed by atoms with Crippen molar-refractivity contribution >= 4 is 38.6 Å². The van der Waals surface area contributed by atoms with Crippen LogP contribution in [0.5, 0.6) is 0 Å². The number of methoxy groups -OCH3 is 1. The van der Waals surface area contributed by atoms with E-state index in [-0.39, 0.29) is 0 Å². The first-order chi connectivity index (χ1) is 8.04. The van der Waals surface area contributed by atoms with Crippen molar-refractivity contribution in [1.29, 1.82) is 0 Å². The lowest BCUT2D eigenvalue weighted by molar-refractivity contribution is -0.135. The summed E-state index contributed by atoms with van der Waals surface area (Å²) in [6.07, 6.45) is 1.64. The first kappa shape index (κ1) is 11.9. The third kappa shape index (κ3) is 1.98. The number of hydrogen-bond donors (Lipinski definition) is 0. The molecule has 0 aliphatic carbocycles. The van der Waals surface area contributed by atoms with Crippen LogP contribution in [0.15, 0.2) is 28.9 Å². The summed E-state index contributed by atoms with van der Waals surface area (Å²) in [6.45, 7) is 0. The van der Waals surface area contributed by atoms with Crippen LogP contribution >= 0.6 is 15.9 Å². The number of aryl methyl sites for hydroxylation is 1. The smallest absolute Gasteiger partial charge is 0.379 e. The Morgan fingerprint density at radius 2 is 2.06 bits per heavy atom. The van der Waals surface area contributed by atoms with Gasteiger partial charge in [-0.3, -0.25) is 4.79 Å². The van der Waals surface area contributed by atoms with E-state index >= 15 is 0 Å². The van der Waals surface area contributed by atoms with Crippen molar-refractivity contribution in [2.24, 2.45) is 7.05 Å². The molecule has 1 heterocycles. The van der Waals surface area contributed by atoms with Crippen molar-refractivity contribution < 1.29 is 14.3 Å². The molecule has 0 fully saturated rings. The number of ether oxygens (including phenoxy) is 1. The Labute approximate surface area is 106 Å². The normalized spacial score (nSPS) is 10.5. The quantitative estimate of drug-likeness (QED) is 0.485. The highest BCUT2D eigenvalue weighted by molar-refractivity contribution is 9.10. The number of esters is 1. The van der Waals surface area contributed by atoms with Crippen molar-refractivity contribution in [3.63, 3.8) is 0 Å². The second-order valence-corrected chi connectivity index (χ2v) is 4.55. The first-order valence-electron chi connectivity index (χ1n) is 4.92. The second kappa shape index (κ2) is 4.33. The van der Waals surface area contributed by atoms with Crippen LogP contribution in [0.1, 0.15) is 10.4 Å². The molecule has 0 aliphatic rings. The fourth-order valence-electron chi connectivity index (χ4n) is 1.74. The lowest BCUT2D eigenvalue weighted by atomic mass is 10.1. The molecular formula is C12H10BrNO3. The molecule has 0 unspecified atom stereocenters. The number of Topliss-reactive ketones (excluding diaryl/α,β-unsaturated/α-hetero) is 1. The van der Waals surface area contributed by atoms with E-state index in [4.69, 9.17) is 0 Å². The van der Waals surface area contributed by atoms with Crippen LogP contribution in [0, 0.1) is 0 Å². The molecular weight excluding hydrogens is 286 g/mol. The van der Waals surface area contributed by atoms with Crippen LogP contribution < -0.4 is 0 Å². The number of aromatic nitrogens is 1. The van der Waals surface area contributed by atoms with Gasteiger partial charge in [-0.15, -0.1) is 0 Å². The lowest BCUT2D eigenvalue weighted by Crippen LogP contribution is -2.15. The summed E-state index contributed by atoms with van der Waals surface area (Å²) in [4.78, 5) is 23.0. The molecule has 0 atom stereocenters. The van der Waals surface area contributed by atoms with E-state index in [1.54, 1.807) is 16.8 Å². The summed E-state index contributed by atoms with van der Waals surface area (Å²) < 4.78 is 7.16. The number of carbonyl (C=O) groups excluding carboxylic acids is 2. The number of nitrogens with zero attached hydrogens (tertiary/aromatic N) is 1. The molecule has 0 spiro atoms. The first-order valence-corrected chi connectivity index (χ1v) is 5.71.